The Morgan fingerprint density at radius 1 is 1.29 bits per heavy atom. The van der Waals surface area contributed by atoms with E-state index in [1.165, 1.54) is 0 Å². The molecule has 2 heterocycles. The highest BCUT2D eigenvalue weighted by atomic mass is 16.5. The van der Waals surface area contributed by atoms with Crippen LogP contribution < -0.4 is 10.1 Å². The standard InChI is InChI=1S/C17H23N5O2/c1-24-16-4-2-14(3-5-16)19-17(23)8-12-21-10-6-15(7-11-21)22-13-9-18-20-22/h2-5,9,13,15H,6-8,10-12H2,1H3,(H,19,23). The summed E-state index contributed by atoms with van der Waals surface area (Å²) in [6, 6.07) is 7.80. The van der Waals surface area contributed by atoms with Crippen LogP contribution in [-0.2, 0) is 4.79 Å². The Bertz CT molecular complexity index is 634. The summed E-state index contributed by atoms with van der Waals surface area (Å²) in [5, 5.41) is 10.9. The van der Waals surface area contributed by atoms with Gasteiger partial charge in [0, 0.05) is 37.9 Å². The molecule has 1 aromatic heterocycles. The Balaban J connectivity index is 1.39. The lowest BCUT2D eigenvalue weighted by Crippen LogP contribution is -2.36. The second-order valence-electron chi connectivity index (χ2n) is 5.98. The minimum Gasteiger partial charge on any atom is -0.497 e. The number of hydrogen-bond acceptors (Lipinski definition) is 5. The Kier molecular flexibility index (Phi) is 5.43. The number of carbonyl (C=O) groups excluding carboxylic acids is 1. The number of benzene rings is 1. The van der Waals surface area contributed by atoms with Gasteiger partial charge in [-0.05, 0) is 37.1 Å². The minimum absolute atomic E-state index is 0.0403. The van der Waals surface area contributed by atoms with Crippen LogP contribution in [0.2, 0.25) is 0 Å². The van der Waals surface area contributed by atoms with E-state index in [0.29, 0.717) is 12.5 Å². The first-order valence-corrected chi connectivity index (χ1v) is 8.26. The van der Waals surface area contributed by atoms with Gasteiger partial charge in [-0.15, -0.1) is 5.10 Å². The predicted octanol–water partition coefficient (Wildman–Crippen LogP) is 1.95. The van der Waals surface area contributed by atoms with Crippen LogP contribution >= 0.6 is 0 Å². The van der Waals surface area contributed by atoms with Crippen LogP contribution in [0.15, 0.2) is 36.7 Å². The number of rotatable bonds is 6. The molecule has 0 aliphatic carbocycles. The third kappa shape index (κ3) is 4.32. The Labute approximate surface area is 141 Å². The maximum absolute atomic E-state index is 12.1. The number of ether oxygens (including phenoxy) is 1. The topological polar surface area (TPSA) is 72.3 Å². The number of anilines is 1. The largest absolute Gasteiger partial charge is 0.497 e. The van der Waals surface area contributed by atoms with Crippen LogP contribution in [0.3, 0.4) is 0 Å². The van der Waals surface area contributed by atoms with E-state index in [1.54, 1.807) is 13.3 Å². The molecule has 1 aliphatic heterocycles. The van der Waals surface area contributed by atoms with Crippen molar-refractivity contribution in [2.75, 3.05) is 32.1 Å². The summed E-state index contributed by atoms with van der Waals surface area (Å²) in [5.41, 5.74) is 0.797. The first-order valence-electron chi connectivity index (χ1n) is 8.26. The molecule has 7 nitrogen and oxygen atoms in total. The second kappa shape index (κ2) is 7.92. The zero-order valence-electron chi connectivity index (χ0n) is 13.9. The minimum atomic E-state index is 0.0403. The molecule has 0 spiro atoms. The summed E-state index contributed by atoms with van der Waals surface area (Å²) >= 11 is 0. The maximum atomic E-state index is 12.1. The van der Waals surface area contributed by atoms with Crippen molar-refractivity contribution in [2.45, 2.75) is 25.3 Å². The lowest BCUT2D eigenvalue weighted by Gasteiger charge is -2.31. The molecule has 3 rings (SSSR count). The Morgan fingerprint density at radius 3 is 2.67 bits per heavy atom. The van der Waals surface area contributed by atoms with Crippen molar-refractivity contribution in [3.8, 4) is 5.75 Å². The molecule has 1 amide bonds. The van der Waals surface area contributed by atoms with Crippen molar-refractivity contribution >= 4 is 11.6 Å². The molecular formula is C17H23N5O2. The fraction of sp³-hybridized carbons (Fsp3) is 0.471. The van der Waals surface area contributed by atoms with E-state index >= 15 is 0 Å². The van der Waals surface area contributed by atoms with Gasteiger partial charge in [0.05, 0.1) is 19.3 Å². The zero-order valence-corrected chi connectivity index (χ0v) is 13.9. The van der Waals surface area contributed by atoms with Crippen LogP contribution in [0.4, 0.5) is 5.69 Å². The molecule has 1 N–H and O–H groups in total. The Morgan fingerprint density at radius 2 is 2.04 bits per heavy atom. The number of nitrogens with zero attached hydrogens (tertiary/aromatic N) is 4. The predicted molar refractivity (Wildman–Crippen MR) is 91.0 cm³/mol. The highest BCUT2D eigenvalue weighted by Gasteiger charge is 2.21. The number of nitrogens with one attached hydrogen (secondary N) is 1. The molecule has 0 bridgehead atoms. The number of carbonyl (C=O) groups is 1. The molecule has 0 radical (unpaired) electrons. The van der Waals surface area contributed by atoms with Gasteiger partial charge in [-0.3, -0.25) is 4.79 Å². The van der Waals surface area contributed by atoms with E-state index in [9.17, 15) is 4.79 Å². The summed E-state index contributed by atoms with van der Waals surface area (Å²) < 4.78 is 7.05. The summed E-state index contributed by atoms with van der Waals surface area (Å²) in [6.45, 7) is 2.76. The van der Waals surface area contributed by atoms with Crippen molar-refractivity contribution in [3.63, 3.8) is 0 Å². The quantitative estimate of drug-likeness (QED) is 0.877. The van der Waals surface area contributed by atoms with E-state index < -0.39 is 0 Å². The second-order valence-corrected chi connectivity index (χ2v) is 5.98. The molecule has 2 aromatic rings. The molecule has 128 valence electrons. The molecule has 1 fully saturated rings. The van der Waals surface area contributed by atoms with Gasteiger partial charge in [0.15, 0.2) is 0 Å². The molecule has 1 saturated heterocycles. The van der Waals surface area contributed by atoms with Crippen molar-refractivity contribution in [1.29, 1.82) is 0 Å². The van der Waals surface area contributed by atoms with E-state index in [1.807, 2.05) is 35.1 Å². The number of piperidine rings is 1. The molecule has 1 aromatic carbocycles. The van der Waals surface area contributed by atoms with E-state index in [4.69, 9.17) is 4.74 Å². The third-order valence-corrected chi connectivity index (χ3v) is 4.40. The highest BCUT2D eigenvalue weighted by molar-refractivity contribution is 5.90. The fourth-order valence-electron chi connectivity index (χ4n) is 2.98. The third-order valence-electron chi connectivity index (χ3n) is 4.40. The van der Waals surface area contributed by atoms with Gasteiger partial charge in [-0.25, -0.2) is 4.68 Å². The molecule has 0 saturated carbocycles. The lowest BCUT2D eigenvalue weighted by molar-refractivity contribution is -0.116. The van der Waals surface area contributed by atoms with Crippen LogP contribution in [0.1, 0.15) is 25.3 Å². The van der Waals surface area contributed by atoms with Gasteiger partial charge in [0.2, 0.25) is 5.91 Å². The summed E-state index contributed by atoms with van der Waals surface area (Å²) in [6.07, 6.45) is 6.23. The van der Waals surface area contributed by atoms with Gasteiger partial charge in [-0.2, -0.15) is 0 Å². The maximum Gasteiger partial charge on any atom is 0.225 e. The van der Waals surface area contributed by atoms with E-state index in [-0.39, 0.29) is 5.91 Å². The van der Waals surface area contributed by atoms with E-state index in [0.717, 1.165) is 43.9 Å². The fourth-order valence-corrected chi connectivity index (χ4v) is 2.98. The highest BCUT2D eigenvalue weighted by Crippen LogP contribution is 2.21. The molecular weight excluding hydrogens is 306 g/mol. The molecule has 0 unspecified atom stereocenters. The van der Waals surface area contributed by atoms with Crippen LogP contribution in [0.5, 0.6) is 5.75 Å². The van der Waals surface area contributed by atoms with Crippen molar-refractivity contribution in [1.82, 2.24) is 19.9 Å². The van der Waals surface area contributed by atoms with Crippen molar-refractivity contribution < 1.29 is 9.53 Å². The first kappa shape index (κ1) is 16.4. The molecule has 7 heteroatoms. The normalized spacial score (nSPS) is 16.0. The number of amides is 1. The summed E-state index contributed by atoms with van der Waals surface area (Å²) in [5.74, 6) is 0.821. The number of hydrogen-bond donors (Lipinski definition) is 1. The SMILES string of the molecule is COc1ccc(NC(=O)CCN2CCC(n3ccnn3)CC2)cc1. The molecule has 0 atom stereocenters. The van der Waals surface area contributed by atoms with Gasteiger partial charge in [-0.1, -0.05) is 5.21 Å². The number of aromatic nitrogens is 3. The number of methoxy groups -OCH3 is 1. The van der Waals surface area contributed by atoms with E-state index in [2.05, 4.69) is 20.5 Å². The summed E-state index contributed by atoms with van der Waals surface area (Å²) in [7, 11) is 1.62. The van der Waals surface area contributed by atoms with Crippen LogP contribution in [-0.4, -0.2) is 52.5 Å². The van der Waals surface area contributed by atoms with Crippen molar-refractivity contribution in [3.05, 3.63) is 36.7 Å². The van der Waals surface area contributed by atoms with Crippen molar-refractivity contribution in [2.24, 2.45) is 0 Å². The zero-order chi connectivity index (χ0) is 16.8. The summed E-state index contributed by atoms with van der Waals surface area (Å²) in [4.78, 5) is 14.4. The smallest absolute Gasteiger partial charge is 0.225 e. The number of likely N-dealkylation sites (tertiary alicyclic amines) is 1. The van der Waals surface area contributed by atoms with Crippen LogP contribution in [0, 0.1) is 0 Å². The monoisotopic (exact) mass is 329 g/mol. The van der Waals surface area contributed by atoms with Gasteiger partial charge in [0.1, 0.15) is 5.75 Å². The Hall–Kier alpha value is -2.41. The van der Waals surface area contributed by atoms with Gasteiger partial charge < -0.3 is 15.0 Å². The van der Waals surface area contributed by atoms with Gasteiger partial charge in [0.25, 0.3) is 0 Å². The first-order chi connectivity index (χ1) is 11.7. The molecule has 1 aliphatic rings. The lowest BCUT2D eigenvalue weighted by atomic mass is 10.1. The average molecular weight is 329 g/mol. The average Bonchev–Trinajstić information content (AvgIpc) is 3.16. The van der Waals surface area contributed by atoms with Gasteiger partial charge >= 0.3 is 0 Å². The van der Waals surface area contributed by atoms with Crippen LogP contribution in [0.25, 0.3) is 0 Å². The molecule has 24 heavy (non-hydrogen) atoms.